The number of sulfonamides is 1. The van der Waals surface area contributed by atoms with E-state index < -0.39 is 15.6 Å². The molecular weight excluding hydrogens is 336 g/mol. The highest BCUT2D eigenvalue weighted by Gasteiger charge is 2.29. The lowest BCUT2D eigenvalue weighted by Crippen LogP contribution is -2.49. The summed E-state index contributed by atoms with van der Waals surface area (Å²) in [6, 6.07) is 5.12. The number of nitrogens with one attached hydrogen (secondary N) is 1. The lowest BCUT2D eigenvalue weighted by molar-refractivity contribution is 0.368. The summed E-state index contributed by atoms with van der Waals surface area (Å²) in [5.41, 5.74) is 6.82. The molecule has 1 aromatic carbocycles. The van der Waals surface area contributed by atoms with E-state index in [1.165, 1.54) is 20.0 Å². The highest BCUT2D eigenvalue weighted by atomic mass is 35.5. The Morgan fingerprint density at radius 1 is 1.22 bits per heavy atom. The van der Waals surface area contributed by atoms with Crippen molar-refractivity contribution in [3.8, 4) is 5.75 Å². The van der Waals surface area contributed by atoms with Crippen LogP contribution in [0.15, 0.2) is 23.1 Å². The maximum absolute atomic E-state index is 12.6. The van der Waals surface area contributed by atoms with Crippen LogP contribution in [0.25, 0.3) is 0 Å². The molecule has 0 aromatic heterocycles. The second-order valence-corrected chi connectivity index (χ2v) is 7.99. The van der Waals surface area contributed by atoms with Gasteiger partial charge in [-0.05, 0) is 37.5 Å². The average Bonchev–Trinajstić information content (AvgIpc) is 2.71. The van der Waals surface area contributed by atoms with Crippen LogP contribution in [0.5, 0.6) is 5.75 Å². The van der Waals surface area contributed by atoms with E-state index in [4.69, 9.17) is 10.5 Å². The highest BCUT2D eigenvalue weighted by Crippen LogP contribution is 2.27. The summed E-state index contributed by atoms with van der Waals surface area (Å²) >= 11 is 0. The number of hydrogen-bond donors (Lipinski definition) is 2. The second kappa shape index (κ2) is 8.33. The third kappa shape index (κ3) is 5.35. The molecule has 7 heteroatoms. The number of ether oxygens (including phenoxy) is 1. The summed E-state index contributed by atoms with van der Waals surface area (Å²) in [4.78, 5) is 0.173. The van der Waals surface area contributed by atoms with Gasteiger partial charge in [-0.1, -0.05) is 31.7 Å². The maximum atomic E-state index is 12.6. The molecule has 0 radical (unpaired) electrons. The zero-order valence-electron chi connectivity index (χ0n) is 13.8. The third-order valence-electron chi connectivity index (χ3n) is 4.32. The molecule has 5 nitrogen and oxygen atoms in total. The van der Waals surface area contributed by atoms with Gasteiger partial charge in [-0.15, -0.1) is 12.4 Å². The standard InChI is InChI=1S/C16H26N2O3S.ClH/c1-13-7-8-14(21-2)15(11-13)22(19,20)18-12-16(17)9-5-3-4-6-10-16;/h7-8,11,18H,3-6,9-10,12,17H2,1-2H3;1H. The summed E-state index contributed by atoms with van der Waals surface area (Å²) in [5, 5.41) is 0. The Kier molecular flexibility index (Phi) is 7.32. The minimum absolute atomic E-state index is 0. The molecule has 1 aliphatic rings. The molecule has 1 aliphatic carbocycles. The molecule has 0 spiro atoms. The third-order valence-corrected chi connectivity index (χ3v) is 5.74. The smallest absolute Gasteiger partial charge is 0.244 e. The van der Waals surface area contributed by atoms with E-state index in [1.54, 1.807) is 12.1 Å². The van der Waals surface area contributed by atoms with Crippen LogP contribution in [-0.2, 0) is 10.0 Å². The zero-order valence-corrected chi connectivity index (χ0v) is 15.4. The molecular formula is C16H27ClN2O3S. The molecule has 1 fully saturated rings. The highest BCUT2D eigenvalue weighted by molar-refractivity contribution is 7.89. The van der Waals surface area contributed by atoms with Gasteiger partial charge in [-0.25, -0.2) is 13.1 Å². The van der Waals surface area contributed by atoms with Gasteiger partial charge in [0.05, 0.1) is 7.11 Å². The van der Waals surface area contributed by atoms with Gasteiger partial charge in [0.25, 0.3) is 0 Å². The summed E-state index contributed by atoms with van der Waals surface area (Å²) in [6.07, 6.45) is 6.20. The lowest BCUT2D eigenvalue weighted by atomic mass is 9.92. The first-order chi connectivity index (χ1) is 10.4. The van der Waals surface area contributed by atoms with Gasteiger partial charge in [0.2, 0.25) is 10.0 Å². The quantitative estimate of drug-likeness (QED) is 0.789. The van der Waals surface area contributed by atoms with E-state index in [2.05, 4.69) is 4.72 Å². The molecule has 0 aliphatic heterocycles. The molecule has 0 saturated heterocycles. The molecule has 0 amide bonds. The van der Waals surface area contributed by atoms with E-state index in [9.17, 15) is 8.42 Å². The first-order valence-electron chi connectivity index (χ1n) is 7.79. The van der Waals surface area contributed by atoms with Crippen LogP contribution in [0.2, 0.25) is 0 Å². The molecule has 0 unspecified atom stereocenters. The Hall–Kier alpha value is -0.820. The van der Waals surface area contributed by atoms with Crippen molar-refractivity contribution in [2.75, 3.05) is 13.7 Å². The average molecular weight is 363 g/mol. The fraction of sp³-hybridized carbons (Fsp3) is 0.625. The monoisotopic (exact) mass is 362 g/mol. The fourth-order valence-corrected chi connectivity index (χ4v) is 4.31. The van der Waals surface area contributed by atoms with Crippen molar-refractivity contribution in [1.82, 2.24) is 4.72 Å². The Morgan fingerprint density at radius 2 is 1.83 bits per heavy atom. The normalized spacial score (nSPS) is 17.9. The van der Waals surface area contributed by atoms with Gasteiger partial charge in [0.15, 0.2) is 0 Å². The predicted octanol–water partition coefficient (Wildman–Crippen LogP) is 2.76. The van der Waals surface area contributed by atoms with Gasteiger partial charge >= 0.3 is 0 Å². The van der Waals surface area contributed by atoms with Crippen LogP contribution in [0.1, 0.15) is 44.1 Å². The molecule has 0 bridgehead atoms. The van der Waals surface area contributed by atoms with Crippen molar-refractivity contribution in [1.29, 1.82) is 0 Å². The predicted molar refractivity (Wildman–Crippen MR) is 94.8 cm³/mol. The van der Waals surface area contributed by atoms with E-state index in [1.807, 2.05) is 13.0 Å². The Balaban J connectivity index is 0.00000264. The van der Waals surface area contributed by atoms with Crippen LogP contribution < -0.4 is 15.2 Å². The largest absolute Gasteiger partial charge is 0.495 e. The van der Waals surface area contributed by atoms with Gasteiger partial charge < -0.3 is 10.5 Å². The number of rotatable bonds is 5. The van der Waals surface area contributed by atoms with Crippen LogP contribution in [0.4, 0.5) is 0 Å². The number of methoxy groups -OCH3 is 1. The summed E-state index contributed by atoms with van der Waals surface area (Å²) < 4.78 is 33.0. The molecule has 23 heavy (non-hydrogen) atoms. The number of aryl methyl sites for hydroxylation is 1. The number of hydrogen-bond acceptors (Lipinski definition) is 4. The van der Waals surface area contributed by atoms with Gasteiger partial charge in [0.1, 0.15) is 10.6 Å². The van der Waals surface area contributed by atoms with Gasteiger partial charge in [-0.2, -0.15) is 0 Å². The van der Waals surface area contributed by atoms with Gasteiger partial charge in [0, 0.05) is 12.1 Å². The lowest BCUT2D eigenvalue weighted by Gasteiger charge is -2.28. The molecule has 3 N–H and O–H groups in total. The minimum atomic E-state index is -3.63. The van der Waals surface area contributed by atoms with Crippen LogP contribution in [0.3, 0.4) is 0 Å². The Morgan fingerprint density at radius 3 is 2.39 bits per heavy atom. The number of benzene rings is 1. The van der Waals surface area contributed by atoms with E-state index in [0.717, 1.165) is 31.2 Å². The molecule has 2 rings (SSSR count). The minimum Gasteiger partial charge on any atom is -0.495 e. The van der Waals surface area contributed by atoms with Crippen molar-refractivity contribution >= 4 is 22.4 Å². The molecule has 0 atom stereocenters. The molecule has 132 valence electrons. The van der Waals surface area contributed by atoms with Crippen molar-refractivity contribution < 1.29 is 13.2 Å². The Bertz CT molecular complexity index is 612. The molecule has 1 aromatic rings. The summed E-state index contributed by atoms with van der Waals surface area (Å²) in [5.74, 6) is 0.352. The van der Waals surface area contributed by atoms with Crippen molar-refractivity contribution in [2.24, 2.45) is 5.73 Å². The van der Waals surface area contributed by atoms with E-state index in [0.29, 0.717) is 5.75 Å². The van der Waals surface area contributed by atoms with Crippen LogP contribution in [-0.4, -0.2) is 27.6 Å². The van der Waals surface area contributed by atoms with E-state index >= 15 is 0 Å². The van der Waals surface area contributed by atoms with Crippen molar-refractivity contribution in [3.63, 3.8) is 0 Å². The first-order valence-corrected chi connectivity index (χ1v) is 9.28. The second-order valence-electron chi connectivity index (χ2n) is 6.26. The molecule has 0 heterocycles. The first kappa shape index (κ1) is 20.2. The number of nitrogens with two attached hydrogens (primary N) is 1. The SMILES string of the molecule is COc1ccc(C)cc1S(=O)(=O)NCC1(N)CCCCCC1.Cl. The van der Waals surface area contributed by atoms with Crippen LogP contribution >= 0.6 is 12.4 Å². The Labute approximate surface area is 145 Å². The zero-order chi connectivity index (χ0) is 16.2. The number of halogens is 1. The van der Waals surface area contributed by atoms with Gasteiger partial charge in [-0.3, -0.25) is 0 Å². The van der Waals surface area contributed by atoms with Crippen LogP contribution in [0, 0.1) is 6.92 Å². The topological polar surface area (TPSA) is 81.4 Å². The maximum Gasteiger partial charge on any atom is 0.244 e. The van der Waals surface area contributed by atoms with E-state index in [-0.39, 0.29) is 23.8 Å². The van der Waals surface area contributed by atoms with Crippen molar-refractivity contribution in [2.45, 2.75) is 55.9 Å². The summed E-state index contributed by atoms with van der Waals surface area (Å²) in [6.45, 7) is 2.13. The fourth-order valence-electron chi connectivity index (χ4n) is 2.92. The molecule has 1 saturated carbocycles. The van der Waals surface area contributed by atoms with Crippen molar-refractivity contribution in [3.05, 3.63) is 23.8 Å². The summed E-state index contributed by atoms with van der Waals surface area (Å²) in [7, 11) is -2.16.